The van der Waals surface area contributed by atoms with Crippen LogP contribution in [0.2, 0.25) is 0 Å². The van der Waals surface area contributed by atoms with Crippen molar-refractivity contribution in [3.63, 3.8) is 0 Å². The maximum Gasteiger partial charge on any atom is 0.171 e. The van der Waals surface area contributed by atoms with E-state index >= 15 is 0 Å². The average Bonchev–Trinajstić information content (AvgIpc) is 2.83. The molecule has 0 heterocycles. The van der Waals surface area contributed by atoms with Crippen LogP contribution < -0.4 is 5.73 Å². The van der Waals surface area contributed by atoms with Gasteiger partial charge < -0.3 is 10.9 Å². The molecule has 2 rings (SSSR count). The number of oxime groups is 1. The maximum absolute atomic E-state index is 8.82. The van der Waals surface area contributed by atoms with E-state index in [2.05, 4.69) is 18.1 Å². The van der Waals surface area contributed by atoms with Gasteiger partial charge in [-0.2, -0.15) is 0 Å². The predicted molar refractivity (Wildman–Crippen MR) is 71.8 cm³/mol. The standard InChI is InChI=1S/C13H18N2OS/c1-9-5-4-8-11(13(14)15-16)12(9)17-10-6-2-3-7-10/h4-5,8,10,16H,2-3,6-7H2,1H3,(H2,14,15). The molecule has 1 aromatic rings. The Morgan fingerprint density at radius 2 is 2.12 bits per heavy atom. The fraction of sp³-hybridized carbons (Fsp3) is 0.462. The van der Waals surface area contributed by atoms with E-state index in [0.29, 0.717) is 5.25 Å². The lowest BCUT2D eigenvalue weighted by Crippen LogP contribution is -2.15. The van der Waals surface area contributed by atoms with Crippen molar-refractivity contribution in [3.8, 4) is 0 Å². The Kier molecular flexibility index (Phi) is 3.94. The Bertz CT molecular complexity index is 425. The third-order valence-corrected chi connectivity index (χ3v) is 4.76. The van der Waals surface area contributed by atoms with E-state index < -0.39 is 0 Å². The molecule has 3 N–H and O–H groups in total. The van der Waals surface area contributed by atoms with Crippen LogP contribution in [0.5, 0.6) is 0 Å². The van der Waals surface area contributed by atoms with E-state index in [1.807, 2.05) is 23.9 Å². The van der Waals surface area contributed by atoms with Crippen LogP contribution in [0, 0.1) is 6.92 Å². The van der Waals surface area contributed by atoms with Crippen molar-refractivity contribution < 1.29 is 5.21 Å². The zero-order valence-corrected chi connectivity index (χ0v) is 10.8. The number of amidine groups is 1. The Balaban J connectivity index is 2.29. The van der Waals surface area contributed by atoms with Gasteiger partial charge in [-0.3, -0.25) is 0 Å². The Hall–Kier alpha value is -1.16. The number of nitrogens with zero attached hydrogens (tertiary/aromatic N) is 1. The summed E-state index contributed by atoms with van der Waals surface area (Å²) in [5.41, 5.74) is 7.78. The molecular weight excluding hydrogens is 232 g/mol. The summed E-state index contributed by atoms with van der Waals surface area (Å²) in [7, 11) is 0. The van der Waals surface area contributed by atoms with Crippen molar-refractivity contribution in [2.75, 3.05) is 0 Å². The molecule has 1 aliphatic rings. The largest absolute Gasteiger partial charge is 0.409 e. The molecule has 92 valence electrons. The summed E-state index contributed by atoms with van der Waals surface area (Å²) in [5.74, 6) is 0.203. The molecule has 0 radical (unpaired) electrons. The van der Waals surface area contributed by atoms with Crippen molar-refractivity contribution in [2.45, 2.75) is 42.8 Å². The second-order valence-electron chi connectivity index (χ2n) is 4.46. The number of rotatable bonds is 3. The van der Waals surface area contributed by atoms with Crippen molar-refractivity contribution in [1.82, 2.24) is 0 Å². The highest BCUT2D eigenvalue weighted by atomic mass is 32.2. The number of thioether (sulfide) groups is 1. The molecule has 0 saturated heterocycles. The Labute approximate surface area is 106 Å². The Morgan fingerprint density at radius 1 is 1.41 bits per heavy atom. The SMILES string of the molecule is Cc1cccc(/C(N)=N/O)c1SC1CCCC1. The molecular formula is C13H18N2OS. The highest BCUT2D eigenvalue weighted by molar-refractivity contribution is 8.00. The molecule has 0 amide bonds. The second-order valence-corrected chi connectivity index (χ2v) is 5.77. The first-order chi connectivity index (χ1) is 8.22. The van der Waals surface area contributed by atoms with Crippen molar-refractivity contribution in [3.05, 3.63) is 29.3 Å². The van der Waals surface area contributed by atoms with E-state index in [4.69, 9.17) is 10.9 Å². The van der Waals surface area contributed by atoms with Crippen molar-refractivity contribution in [2.24, 2.45) is 10.9 Å². The Morgan fingerprint density at radius 3 is 2.76 bits per heavy atom. The topological polar surface area (TPSA) is 58.6 Å². The van der Waals surface area contributed by atoms with Gasteiger partial charge in [-0.25, -0.2) is 0 Å². The van der Waals surface area contributed by atoms with Crippen LogP contribution >= 0.6 is 11.8 Å². The van der Waals surface area contributed by atoms with Gasteiger partial charge in [-0.05, 0) is 25.3 Å². The maximum atomic E-state index is 8.82. The van der Waals surface area contributed by atoms with Gasteiger partial charge in [0.1, 0.15) is 0 Å². The monoisotopic (exact) mass is 250 g/mol. The summed E-state index contributed by atoms with van der Waals surface area (Å²) in [6, 6.07) is 5.94. The van der Waals surface area contributed by atoms with E-state index in [1.54, 1.807) is 0 Å². The number of hydrogen-bond acceptors (Lipinski definition) is 3. The molecule has 3 nitrogen and oxygen atoms in total. The van der Waals surface area contributed by atoms with Gasteiger partial charge in [0.25, 0.3) is 0 Å². The summed E-state index contributed by atoms with van der Waals surface area (Å²) in [6.45, 7) is 2.07. The summed E-state index contributed by atoms with van der Waals surface area (Å²) in [6.07, 6.45) is 5.19. The fourth-order valence-electron chi connectivity index (χ4n) is 2.24. The smallest absolute Gasteiger partial charge is 0.171 e. The predicted octanol–water partition coefficient (Wildman–Crippen LogP) is 3.12. The fourth-order valence-corrected chi connectivity index (χ4v) is 3.69. The van der Waals surface area contributed by atoms with Crippen LogP contribution in [-0.2, 0) is 0 Å². The lowest BCUT2D eigenvalue weighted by molar-refractivity contribution is 0.318. The molecule has 4 heteroatoms. The third-order valence-electron chi connectivity index (χ3n) is 3.18. The van der Waals surface area contributed by atoms with Crippen molar-refractivity contribution >= 4 is 17.6 Å². The van der Waals surface area contributed by atoms with E-state index in [0.717, 1.165) is 10.5 Å². The van der Waals surface area contributed by atoms with Crippen LogP contribution in [0.25, 0.3) is 0 Å². The van der Waals surface area contributed by atoms with E-state index in [-0.39, 0.29) is 5.84 Å². The van der Waals surface area contributed by atoms with Crippen LogP contribution in [0.4, 0.5) is 0 Å². The molecule has 0 spiro atoms. The molecule has 0 atom stereocenters. The van der Waals surface area contributed by atoms with Crippen LogP contribution in [-0.4, -0.2) is 16.3 Å². The summed E-state index contributed by atoms with van der Waals surface area (Å²) in [5, 5.41) is 12.6. The zero-order valence-electron chi connectivity index (χ0n) is 10.0. The molecule has 1 fully saturated rings. The molecule has 0 bridgehead atoms. The van der Waals surface area contributed by atoms with Gasteiger partial charge in [0.05, 0.1) is 0 Å². The van der Waals surface area contributed by atoms with Crippen LogP contribution in [0.3, 0.4) is 0 Å². The summed E-state index contributed by atoms with van der Waals surface area (Å²) in [4.78, 5) is 1.16. The second kappa shape index (κ2) is 5.45. The number of aryl methyl sites for hydroxylation is 1. The van der Waals surface area contributed by atoms with Gasteiger partial charge >= 0.3 is 0 Å². The van der Waals surface area contributed by atoms with Gasteiger partial charge in [-0.1, -0.05) is 36.2 Å². The van der Waals surface area contributed by atoms with Gasteiger partial charge in [0.2, 0.25) is 0 Å². The number of benzene rings is 1. The molecule has 1 saturated carbocycles. The number of nitrogens with two attached hydrogens (primary N) is 1. The van der Waals surface area contributed by atoms with Crippen molar-refractivity contribution in [1.29, 1.82) is 0 Å². The lowest BCUT2D eigenvalue weighted by atomic mass is 10.1. The van der Waals surface area contributed by atoms with Gasteiger partial charge in [0, 0.05) is 15.7 Å². The molecule has 1 aromatic carbocycles. The highest BCUT2D eigenvalue weighted by Crippen LogP contribution is 2.37. The molecule has 0 unspecified atom stereocenters. The average molecular weight is 250 g/mol. The number of hydrogen-bond donors (Lipinski definition) is 2. The molecule has 1 aliphatic carbocycles. The van der Waals surface area contributed by atoms with Gasteiger partial charge in [0.15, 0.2) is 5.84 Å². The first-order valence-corrected chi connectivity index (χ1v) is 6.84. The molecule has 0 aliphatic heterocycles. The zero-order chi connectivity index (χ0) is 12.3. The minimum Gasteiger partial charge on any atom is -0.409 e. The van der Waals surface area contributed by atoms with Crippen LogP contribution in [0.15, 0.2) is 28.3 Å². The van der Waals surface area contributed by atoms with E-state index in [9.17, 15) is 0 Å². The highest BCUT2D eigenvalue weighted by Gasteiger charge is 2.19. The van der Waals surface area contributed by atoms with Gasteiger partial charge in [-0.15, -0.1) is 11.8 Å². The summed E-state index contributed by atoms with van der Waals surface area (Å²) >= 11 is 1.88. The minimum atomic E-state index is 0.203. The first kappa shape index (κ1) is 12.3. The van der Waals surface area contributed by atoms with E-state index in [1.165, 1.54) is 31.2 Å². The molecule has 17 heavy (non-hydrogen) atoms. The quantitative estimate of drug-likeness (QED) is 0.375. The lowest BCUT2D eigenvalue weighted by Gasteiger charge is -2.15. The minimum absolute atomic E-state index is 0.203. The third kappa shape index (κ3) is 2.75. The summed E-state index contributed by atoms with van der Waals surface area (Å²) < 4.78 is 0. The first-order valence-electron chi connectivity index (χ1n) is 5.96. The van der Waals surface area contributed by atoms with Crippen LogP contribution in [0.1, 0.15) is 36.8 Å². The molecule has 0 aromatic heterocycles. The normalized spacial score (nSPS) is 17.6.